The van der Waals surface area contributed by atoms with Crippen molar-refractivity contribution in [3.8, 4) is 0 Å². The van der Waals surface area contributed by atoms with E-state index >= 15 is 0 Å². The molecular formula is C13H21N3O2. The summed E-state index contributed by atoms with van der Waals surface area (Å²) in [7, 11) is 0. The summed E-state index contributed by atoms with van der Waals surface area (Å²) in [5.74, 6) is -0.656. The zero-order valence-corrected chi connectivity index (χ0v) is 11.1. The number of rotatable bonds is 5. The molecule has 1 fully saturated rings. The Hall–Kier alpha value is -1.36. The molecule has 1 aromatic heterocycles. The summed E-state index contributed by atoms with van der Waals surface area (Å²) in [6.07, 6.45) is 5.15. The Morgan fingerprint density at radius 3 is 2.89 bits per heavy atom. The monoisotopic (exact) mass is 251 g/mol. The van der Waals surface area contributed by atoms with Gasteiger partial charge in [0.2, 0.25) is 0 Å². The van der Waals surface area contributed by atoms with E-state index in [0.717, 1.165) is 31.7 Å². The maximum atomic E-state index is 11.4. The Kier molecular flexibility index (Phi) is 3.71. The molecule has 0 aliphatic carbocycles. The van der Waals surface area contributed by atoms with Gasteiger partial charge in [0.25, 0.3) is 0 Å². The smallest absolute Gasteiger partial charge is 0.310 e. The lowest BCUT2D eigenvalue weighted by Gasteiger charge is -2.23. The van der Waals surface area contributed by atoms with Crippen molar-refractivity contribution < 1.29 is 9.90 Å². The van der Waals surface area contributed by atoms with Gasteiger partial charge in [0.05, 0.1) is 17.4 Å². The van der Waals surface area contributed by atoms with Crippen molar-refractivity contribution in [2.24, 2.45) is 5.41 Å². The van der Waals surface area contributed by atoms with E-state index in [9.17, 15) is 9.90 Å². The number of aromatic nitrogens is 2. The zero-order chi connectivity index (χ0) is 13.2. The fraction of sp³-hybridized carbons (Fsp3) is 0.692. The van der Waals surface area contributed by atoms with Crippen LogP contribution in [0.4, 0.5) is 0 Å². The number of hydrogen-bond acceptors (Lipinski definition) is 3. The van der Waals surface area contributed by atoms with E-state index in [0.29, 0.717) is 13.0 Å². The highest BCUT2D eigenvalue weighted by molar-refractivity contribution is 5.75. The quantitative estimate of drug-likeness (QED) is 0.863. The average Bonchev–Trinajstić information content (AvgIpc) is 2.96. The Labute approximate surface area is 107 Å². The van der Waals surface area contributed by atoms with Crippen LogP contribution in [0.25, 0.3) is 0 Å². The van der Waals surface area contributed by atoms with Gasteiger partial charge in [-0.25, -0.2) is 4.98 Å². The van der Waals surface area contributed by atoms with E-state index in [2.05, 4.69) is 21.4 Å². The molecule has 18 heavy (non-hydrogen) atoms. The molecule has 1 unspecified atom stereocenters. The summed E-state index contributed by atoms with van der Waals surface area (Å²) >= 11 is 0. The van der Waals surface area contributed by atoms with Gasteiger partial charge in [0, 0.05) is 25.8 Å². The number of carboxylic acid groups (broad SMARTS) is 1. The third kappa shape index (κ3) is 2.27. The largest absolute Gasteiger partial charge is 0.481 e. The molecular weight excluding hydrogens is 230 g/mol. The molecule has 1 aliphatic heterocycles. The molecule has 0 radical (unpaired) electrons. The van der Waals surface area contributed by atoms with Crippen LogP contribution in [0.1, 0.15) is 32.4 Å². The SMILES string of the molecule is CCn1cncc1CN1CCC(CC)(C(=O)O)C1. The number of carboxylic acids is 1. The van der Waals surface area contributed by atoms with Gasteiger partial charge < -0.3 is 9.67 Å². The maximum absolute atomic E-state index is 11.4. The highest BCUT2D eigenvalue weighted by Gasteiger charge is 2.43. The van der Waals surface area contributed by atoms with Crippen LogP contribution in [0.5, 0.6) is 0 Å². The van der Waals surface area contributed by atoms with E-state index < -0.39 is 11.4 Å². The summed E-state index contributed by atoms with van der Waals surface area (Å²) in [5.41, 5.74) is 0.617. The first-order valence-corrected chi connectivity index (χ1v) is 6.56. The predicted octanol–water partition coefficient (Wildman–Crippen LogP) is 1.59. The number of hydrogen-bond donors (Lipinski definition) is 1. The molecule has 5 heteroatoms. The van der Waals surface area contributed by atoms with Crippen molar-refractivity contribution in [2.45, 2.75) is 39.8 Å². The van der Waals surface area contributed by atoms with Crippen molar-refractivity contribution in [3.63, 3.8) is 0 Å². The van der Waals surface area contributed by atoms with E-state index in [-0.39, 0.29) is 0 Å². The first kappa shape index (κ1) is 13.1. The van der Waals surface area contributed by atoms with Gasteiger partial charge in [0.15, 0.2) is 0 Å². The van der Waals surface area contributed by atoms with Gasteiger partial charge in [-0.1, -0.05) is 6.92 Å². The van der Waals surface area contributed by atoms with Gasteiger partial charge in [-0.15, -0.1) is 0 Å². The van der Waals surface area contributed by atoms with Gasteiger partial charge in [0.1, 0.15) is 0 Å². The number of aryl methyl sites for hydroxylation is 1. The van der Waals surface area contributed by atoms with Gasteiger partial charge >= 0.3 is 5.97 Å². The summed E-state index contributed by atoms with van der Waals surface area (Å²) in [5, 5.41) is 9.36. The van der Waals surface area contributed by atoms with E-state index in [1.165, 1.54) is 0 Å². The highest BCUT2D eigenvalue weighted by atomic mass is 16.4. The molecule has 2 rings (SSSR count). The lowest BCUT2D eigenvalue weighted by Crippen LogP contribution is -2.34. The Morgan fingerprint density at radius 1 is 1.56 bits per heavy atom. The van der Waals surface area contributed by atoms with Crippen molar-refractivity contribution in [3.05, 3.63) is 18.2 Å². The number of likely N-dealkylation sites (tertiary alicyclic amines) is 1. The molecule has 1 atom stereocenters. The second-order valence-electron chi connectivity index (χ2n) is 5.07. The molecule has 5 nitrogen and oxygen atoms in total. The van der Waals surface area contributed by atoms with E-state index in [1.54, 1.807) is 0 Å². The summed E-state index contributed by atoms with van der Waals surface area (Å²) in [4.78, 5) is 17.8. The van der Waals surface area contributed by atoms with Crippen LogP contribution < -0.4 is 0 Å². The molecule has 0 spiro atoms. The molecule has 1 saturated heterocycles. The fourth-order valence-corrected chi connectivity index (χ4v) is 2.70. The molecule has 0 aromatic carbocycles. The average molecular weight is 251 g/mol. The first-order valence-electron chi connectivity index (χ1n) is 6.56. The fourth-order valence-electron chi connectivity index (χ4n) is 2.70. The lowest BCUT2D eigenvalue weighted by atomic mass is 9.84. The Balaban J connectivity index is 2.03. The second-order valence-corrected chi connectivity index (χ2v) is 5.07. The number of imidazole rings is 1. The first-order chi connectivity index (χ1) is 8.61. The third-order valence-electron chi connectivity index (χ3n) is 4.09. The van der Waals surface area contributed by atoms with Gasteiger partial charge in [-0.2, -0.15) is 0 Å². The van der Waals surface area contributed by atoms with Crippen LogP contribution in [-0.4, -0.2) is 38.6 Å². The Morgan fingerprint density at radius 2 is 2.33 bits per heavy atom. The van der Waals surface area contributed by atoms with Crippen molar-refractivity contribution in [1.29, 1.82) is 0 Å². The lowest BCUT2D eigenvalue weighted by molar-refractivity contribution is -0.148. The standard InChI is InChI=1S/C13H21N3O2/c1-3-13(12(17)18)5-6-15(9-13)8-11-7-14-10-16(11)4-2/h7,10H,3-6,8-9H2,1-2H3,(H,17,18). The third-order valence-corrected chi connectivity index (χ3v) is 4.09. The van der Waals surface area contributed by atoms with Crippen LogP contribution in [0.3, 0.4) is 0 Å². The van der Waals surface area contributed by atoms with E-state index in [4.69, 9.17) is 0 Å². The molecule has 0 saturated carbocycles. The van der Waals surface area contributed by atoms with Crippen molar-refractivity contribution in [1.82, 2.24) is 14.5 Å². The minimum absolute atomic E-state index is 0.545. The predicted molar refractivity (Wildman–Crippen MR) is 68.2 cm³/mol. The van der Waals surface area contributed by atoms with Crippen LogP contribution in [0, 0.1) is 5.41 Å². The Bertz CT molecular complexity index is 430. The number of aliphatic carboxylic acids is 1. The molecule has 100 valence electrons. The summed E-state index contributed by atoms with van der Waals surface area (Å²) in [6.45, 7) is 7.25. The normalized spacial score (nSPS) is 24.6. The van der Waals surface area contributed by atoms with Crippen LogP contribution in [0.2, 0.25) is 0 Å². The maximum Gasteiger partial charge on any atom is 0.310 e. The summed E-state index contributed by atoms with van der Waals surface area (Å²) < 4.78 is 2.10. The number of carbonyl (C=O) groups is 1. The van der Waals surface area contributed by atoms with Crippen LogP contribution >= 0.6 is 0 Å². The minimum atomic E-state index is -0.656. The summed E-state index contributed by atoms with van der Waals surface area (Å²) in [6, 6.07) is 0. The molecule has 0 bridgehead atoms. The molecule has 1 N–H and O–H groups in total. The van der Waals surface area contributed by atoms with E-state index in [1.807, 2.05) is 19.4 Å². The van der Waals surface area contributed by atoms with Crippen LogP contribution in [0.15, 0.2) is 12.5 Å². The molecule has 1 aliphatic rings. The van der Waals surface area contributed by atoms with Gasteiger partial charge in [-0.05, 0) is 26.3 Å². The topological polar surface area (TPSA) is 58.4 Å². The molecule has 1 aromatic rings. The van der Waals surface area contributed by atoms with Crippen molar-refractivity contribution >= 4 is 5.97 Å². The van der Waals surface area contributed by atoms with Gasteiger partial charge in [-0.3, -0.25) is 9.69 Å². The van der Waals surface area contributed by atoms with Crippen LogP contribution in [-0.2, 0) is 17.9 Å². The highest BCUT2D eigenvalue weighted by Crippen LogP contribution is 2.34. The zero-order valence-electron chi connectivity index (χ0n) is 11.1. The van der Waals surface area contributed by atoms with Crippen molar-refractivity contribution in [2.75, 3.05) is 13.1 Å². The number of nitrogens with zero attached hydrogens (tertiary/aromatic N) is 3. The molecule has 2 heterocycles. The second kappa shape index (κ2) is 5.10. The minimum Gasteiger partial charge on any atom is -0.481 e. The molecule has 0 amide bonds.